The molecule has 2 aromatic rings. The fraction of sp³-hybridized carbons (Fsp3) is 0.154. The molecule has 6 heteroatoms. The van der Waals surface area contributed by atoms with Crippen molar-refractivity contribution in [1.82, 2.24) is 10.4 Å². The van der Waals surface area contributed by atoms with Gasteiger partial charge in [-0.1, -0.05) is 15.9 Å². The van der Waals surface area contributed by atoms with Crippen molar-refractivity contribution in [3.63, 3.8) is 0 Å². The van der Waals surface area contributed by atoms with Gasteiger partial charge in [0.05, 0.1) is 11.7 Å². The van der Waals surface area contributed by atoms with E-state index in [0.29, 0.717) is 10.9 Å². The van der Waals surface area contributed by atoms with Crippen LogP contribution in [-0.4, -0.2) is 4.98 Å². The highest BCUT2D eigenvalue weighted by Crippen LogP contribution is 2.25. The zero-order valence-corrected chi connectivity index (χ0v) is 13.1. The number of pyridine rings is 1. The number of rotatable bonds is 4. The van der Waals surface area contributed by atoms with Gasteiger partial charge in [-0.2, -0.15) is 0 Å². The van der Waals surface area contributed by atoms with Gasteiger partial charge in [0.2, 0.25) is 0 Å². The second-order valence-corrected chi connectivity index (χ2v) is 5.84. The maximum absolute atomic E-state index is 13.4. The summed E-state index contributed by atoms with van der Waals surface area (Å²) in [6.07, 6.45) is 2.24. The number of hydrogen-bond acceptors (Lipinski definition) is 3. The first-order valence-corrected chi connectivity index (χ1v) is 7.20. The van der Waals surface area contributed by atoms with Gasteiger partial charge in [0, 0.05) is 15.1 Å². The standard InChI is InChI=1S/C13H12Br2FN3/c14-9-4-8(5-10(16)7-9)6-12(19-17)13-11(15)2-1-3-18-13/h1-5,7,12,19H,6,17H2. The van der Waals surface area contributed by atoms with Gasteiger partial charge in [-0.05, 0) is 58.2 Å². The summed E-state index contributed by atoms with van der Waals surface area (Å²) in [6.45, 7) is 0. The van der Waals surface area contributed by atoms with E-state index in [2.05, 4.69) is 42.3 Å². The number of hydrazine groups is 1. The predicted molar refractivity (Wildman–Crippen MR) is 79.8 cm³/mol. The lowest BCUT2D eigenvalue weighted by Gasteiger charge is -2.17. The Bertz CT molecular complexity index is 557. The molecule has 0 aliphatic rings. The molecule has 19 heavy (non-hydrogen) atoms. The molecule has 1 aromatic heterocycles. The van der Waals surface area contributed by atoms with E-state index in [1.54, 1.807) is 6.20 Å². The summed E-state index contributed by atoms with van der Waals surface area (Å²) in [5, 5.41) is 0. The number of nitrogens with zero attached hydrogens (tertiary/aromatic N) is 1. The first-order chi connectivity index (χ1) is 9.10. The van der Waals surface area contributed by atoms with Gasteiger partial charge in [0.1, 0.15) is 5.82 Å². The summed E-state index contributed by atoms with van der Waals surface area (Å²) < 4.78 is 14.9. The number of benzene rings is 1. The molecule has 3 N–H and O–H groups in total. The Balaban J connectivity index is 2.26. The molecule has 0 bridgehead atoms. The Labute approximate surface area is 127 Å². The highest BCUT2D eigenvalue weighted by molar-refractivity contribution is 9.10. The van der Waals surface area contributed by atoms with Crippen LogP contribution in [0.25, 0.3) is 0 Å². The number of nitrogens with one attached hydrogen (secondary N) is 1. The van der Waals surface area contributed by atoms with Crippen molar-refractivity contribution in [1.29, 1.82) is 0 Å². The lowest BCUT2D eigenvalue weighted by molar-refractivity contribution is 0.533. The van der Waals surface area contributed by atoms with Crippen LogP contribution in [-0.2, 0) is 6.42 Å². The number of hydrogen-bond donors (Lipinski definition) is 2. The van der Waals surface area contributed by atoms with Gasteiger partial charge in [-0.15, -0.1) is 0 Å². The molecule has 100 valence electrons. The predicted octanol–water partition coefficient (Wildman–Crippen LogP) is 3.49. The third-order valence-corrected chi connectivity index (χ3v) is 3.81. The van der Waals surface area contributed by atoms with E-state index in [9.17, 15) is 4.39 Å². The fourth-order valence-corrected chi connectivity index (χ4v) is 2.90. The van der Waals surface area contributed by atoms with Crippen molar-refractivity contribution in [2.24, 2.45) is 5.84 Å². The van der Waals surface area contributed by atoms with E-state index < -0.39 is 0 Å². The maximum Gasteiger partial charge on any atom is 0.124 e. The van der Waals surface area contributed by atoms with Crippen molar-refractivity contribution < 1.29 is 4.39 Å². The lowest BCUT2D eigenvalue weighted by atomic mass is 10.0. The SMILES string of the molecule is NNC(Cc1cc(F)cc(Br)c1)c1ncccc1Br. The summed E-state index contributed by atoms with van der Waals surface area (Å²) in [7, 11) is 0. The highest BCUT2D eigenvalue weighted by atomic mass is 79.9. The molecule has 1 heterocycles. The van der Waals surface area contributed by atoms with Gasteiger partial charge < -0.3 is 0 Å². The molecule has 0 amide bonds. The third-order valence-electron chi connectivity index (χ3n) is 2.68. The Morgan fingerprint density at radius 2 is 2.11 bits per heavy atom. The molecule has 0 aliphatic heterocycles. The Kier molecular flexibility index (Phi) is 5.04. The minimum absolute atomic E-state index is 0.190. The quantitative estimate of drug-likeness (QED) is 0.622. The van der Waals surface area contributed by atoms with E-state index in [4.69, 9.17) is 5.84 Å². The van der Waals surface area contributed by atoms with Crippen molar-refractivity contribution in [2.75, 3.05) is 0 Å². The zero-order chi connectivity index (χ0) is 13.8. The monoisotopic (exact) mass is 387 g/mol. The lowest BCUT2D eigenvalue weighted by Crippen LogP contribution is -2.30. The average molecular weight is 389 g/mol. The Morgan fingerprint density at radius 1 is 1.32 bits per heavy atom. The Morgan fingerprint density at radius 3 is 2.74 bits per heavy atom. The summed E-state index contributed by atoms with van der Waals surface area (Å²) in [4.78, 5) is 4.30. The van der Waals surface area contributed by atoms with Gasteiger partial charge in [-0.25, -0.2) is 4.39 Å². The minimum atomic E-state index is -0.278. The molecule has 2 rings (SSSR count). The zero-order valence-electron chi connectivity index (χ0n) is 9.91. The minimum Gasteiger partial charge on any atom is -0.271 e. The fourth-order valence-electron chi connectivity index (χ4n) is 1.85. The normalized spacial score (nSPS) is 12.4. The smallest absolute Gasteiger partial charge is 0.124 e. The van der Waals surface area contributed by atoms with E-state index in [0.717, 1.165) is 15.7 Å². The summed E-state index contributed by atoms with van der Waals surface area (Å²) in [5.41, 5.74) is 4.35. The molecular weight excluding hydrogens is 377 g/mol. The second kappa shape index (κ2) is 6.56. The molecule has 0 saturated carbocycles. The second-order valence-electron chi connectivity index (χ2n) is 4.07. The summed E-state index contributed by atoms with van der Waals surface area (Å²) >= 11 is 6.72. The highest BCUT2D eigenvalue weighted by Gasteiger charge is 2.15. The van der Waals surface area contributed by atoms with Crippen LogP contribution in [0.2, 0.25) is 0 Å². The summed E-state index contributed by atoms with van der Waals surface area (Å²) in [5.74, 6) is 5.30. The Hall–Kier alpha value is -0.820. The van der Waals surface area contributed by atoms with Crippen molar-refractivity contribution >= 4 is 31.9 Å². The molecular formula is C13H12Br2FN3. The van der Waals surface area contributed by atoms with Crippen molar-refractivity contribution in [3.8, 4) is 0 Å². The average Bonchev–Trinajstić information content (AvgIpc) is 2.36. The molecule has 1 unspecified atom stereocenters. The molecule has 0 aliphatic carbocycles. The first-order valence-electron chi connectivity index (χ1n) is 5.61. The van der Waals surface area contributed by atoms with Crippen LogP contribution in [0.15, 0.2) is 45.5 Å². The van der Waals surface area contributed by atoms with Crippen LogP contribution < -0.4 is 11.3 Å². The largest absolute Gasteiger partial charge is 0.271 e. The van der Waals surface area contributed by atoms with Gasteiger partial charge >= 0.3 is 0 Å². The number of aromatic nitrogens is 1. The van der Waals surface area contributed by atoms with Crippen molar-refractivity contribution in [2.45, 2.75) is 12.5 Å². The van der Waals surface area contributed by atoms with Gasteiger partial charge in [0.15, 0.2) is 0 Å². The molecule has 1 aromatic carbocycles. The van der Waals surface area contributed by atoms with E-state index in [1.807, 2.05) is 18.2 Å². The van der Waals surface area contributed by atoms with E-state index in [-0.39, 0.29) is 11.9 Å². The third kappa shape index (κ3) is 3.82. The van der Waals surface area contributed by atoms with Crippen LogP contribution in [0.3, 0.4) is 0 Å². The van der Waals surface area contributed by atoms with Crippen LogP contribution in [0.1, 0.15) is 17.3 Å². The van der Waals surface area contributed by atoms with Gasteiger partial charge in [-0.3, -0.25) is 16.3 Å². The summed E-state index contributed by atoms with van der Waals surface area (Å²) in [6, 6.07) is 8.32. The number of halogens is 3. The van der Waals surface area contributed by atoms with Crippen LogP contribution in [0, 0.1) is 5.82 Å². The first kappa shape index (κ1) is 14.6. The van der Waals surface area contributed by atoms with E-state index >= 15 is 0 Å². The van der Waals surface area contributed by atoms with Gasteiger partial charge in [0.25, 0.3) is 0 Å². The van der Waals surface area contributed by atoms with Crippen molar-refractivity contribution in [3.05, 3.63) is 62.5 Å². The van der Waals surface area contributed by atoms with Crippen LogP contribution in [0.4, 0.5) is 4.39 Å². The molecule has 0 radical (unpaired) electrons. The molecule has 0 fully saturated rings. The van der Waals surface area contributed by atoms with Crippen LogP contribution in [0.5, 0.6) is 0 Å². The topological polar surface area (TPSA) is 50.9 Å². The number of nitrogens with two attached hydrogens (primary N) is 1. The van der Waals surface area contributed by atoms with E-state index in [1.165, 1.54) is 12.1 Å². The molecule has 3 nitrogen and oxygen atoms in total. The molecule has 1 atom stereocenters. The molecule has 0 saturated heterocycles. The van der Waals surface area contributed by atoms with Crippen LogP contribution >= 0.6 is 31.9 Å². The molecule has 0 spiro atoms. The maximum atomic E-state index is 13.4.